The van der Waals surface area contributed by atoms with Crippen molar-refractivity contribution in [3.8, 4) is 0 Å². The van der Waals surface area contributed by atoms with E-state index in [9.17, 15) is 9.18 Å². The first-order chi connectivity index (χ1) is 9.61. The van der Waals surface area contributed by atoms with Crippen molar-refractivity contribution in [2.45, 2.75) is 19.8 Å². The molecule has 0 unspecified atom stereocenters. The number of carbonyl (C=O) groups is 1. The fourth-order valence-electron chi connectivity index (χ4n) is 2.54. The molecule has 3 nitrogen and oxygen atoms in total. The Balaban J connectivity index is 2.05. The standard InChI is InChI=1S/C15H20ClFN2O/c1-2-19(10-11-5-7-18-8-6-11)15(20)12-3-4-13(16)14(17)9-12/h3-4,9,11,18H,2,5-8,10H2,1H3. The lowest BCUT2D eigenvalue weighted by molar-refractivity contribution is 0.0726. The van der Waals surface area contributed by atoms with Crippen LogP contribution in [0.5, 0.6) is 0 Å². The molecule has 20 heavy (non-hydrogen) atoms. The van der Waals surface area contributed by atoms with E-state index in [0.29, 0.717) is 18.0 Å². The summed E-state index contributed by atoms with van der Waals surface area (Å²) >= 11 is 5.65. The number of piperidine rings is 1. The van der Waals surface area contributed by atoms with Crippen LogP contribution >= 0.6 is 11.6 Å². The molecule has 1 heterocycles. The first kappa shape index (κ1) is 15.3. The molecule has 0 radical (unpaired) electrons. The van der Waals surface area contributed by atoms with Crippen LogP contribution in [-0.4, -0.2) is 37.0 Å². The van der Waals surface area contributed by atoms with Gasteiger partial charge in [0, 0.05) is 18.7 Å². The average Bonchev–Trinajstić information content (AvgIpc) is 2.48. The van der Waals surface area contributed by atoms with Crippen LogP contribution in [0.15, 0.2) is 18.2 Å². The van der Waals surface area contributed by atoms with Crippen LogP contribution in [0, 0.1) is 11.7 Å². The van der Waals surface area contributed by atoms with Crippen molar-refractivity contribution in [1.82, 2.24) is 10.2 Å². The third-order valence-corrected chi connectivity index (χ3v) is 4.08. The second kappa shape index (κ2) is 7.04. The van der Waals surface area contributed by atoms with E-state index in [0.717, 1.165) is 32.5 Å². The van der Waals surface area contributed by atoms with Gasteiger partial charge in [-0.15, -0.1) is 0 Å². The van der Waals surface area contributed by atoms with Crippen molar-refractivity contribution >= 4 is 17.5 Å². The fraction of sp³-hybridized carbons (Fsp3) is 0.533. The van der Waals surface area contributed by atoms with Crippen LogP contribution in [0.2, 0.25) is 5.02 Å². The molecule has 1 fully saturated rings. The summed E-state index contributed by atoms with van der Waals surface area (Å²) in [5.74, 6) is -0.144. The van der Waals surface area contributed by atoms with E-state index < -0.39 is 5.82 Å². The molecule has 1 aliphatic rings. The largest absolute Gasteiger partial charge is 0.339 e. The van der Waals surface area contributed by atoms with E-state index in [4.69, 9.17) is 11.6 Å². The molecule has 0 aromatic heterocycles. The minimum atomic E-state index is -0.546. The van der Waals surface area contributed by atoms with Crippen LogP contribution in [0.4, 0.5) is 4.39 Å². The Morgan fingerprint density at radius 3 is 2.75 bits per heavy atom. The molecular weight excluding hydrogens is 279 g/mol. The third-order valence-electron chi connectivity index (χ3n) is 3.77. The van der Waals surface area contributed by atoms with Crippen molar-refractivity contribution < 1.29 is 9.18 Å². The van der Waals surface area contributed by atoms with E-state index >= 15 is 0 Å². The van der Waals surface area contributed by atoms with Gasteiger partial charge in [-0.25, -0.2) is 4.39 Å². The van der Waals surface area contributed by atoms with Crippen molar-refractivity contribution in [1.29, 1.82) is 0 Å². The van der Waals surface area contributed by atoms with Gasteiger partial charge in [0.05, 0.1) is 5.02 Å². The van der Waals surface area contributed by atoms with E-state index in [1.807, 2.05) is 6.92 Å². The Morgan fingerprint density at radius 1 is 1.45 bits per heavy atom. The number of rotatable bonds is 4. The summed E-state index contributed by atoms with van der Waals surface area (Å²) in [5, 5.41) is 3.36. The molecule has 0 aliphatic carbocycles. The second-order valence-electron chi connectivity index (χ2n) is 5.17. The van der Waals surface area contributed by atoms with Crippen molar-refractivity contribution in [2.75, 3.05) is 26.2 Å². The Hall–Kier alpha value is -1.13. The Labute approximate surface area is 124 Å². The van der Waals surface area contributed by atoms with Gasteiger partial charge >= 0.3 is 0 Å². The van der Waals surface area contributed by atoms with Crippen molar-refractivity contribution in [2.24, 2.45) is 5.92 Å². The molecule has 1 aliphatic heterocycles. The van der Waals surface area contributed by atoms with Gasteiger partial charge in [-0.05, 0) is 57.0 Å². The van der Waals surface area contributed by atoms with Crippen molar-refractivity contribution in [3.05, 3.63) is 34.6 Å². The highest BCUT2D eigenvalue weighted by atomic mass is 35.5. The number of hydrogen-bond acceptors (Lipinski definition) is 2. The first-order valence-corrected chi connectivity index (χ1v) is 7.44. The summed E-state index contributed by atoms with van der Waals surface area (Å²) in [4.78, 5) is 14.2. The van der Waals surface area contributed by atoms with E-state index in [2.05, 4.69) is 5.32 Å². The average molecular weight is 299 g/mol. The SMILES string of the molecule is CCN(CC1CCNCC1)C(=O)c1ccc(Cl)c(F)c1. The molecule has 110 valence electrons. The van der Waals surface area contributed by atoms with E-state index in [1.165, 1.54) is 12.1 Å². The lowest BCUT2D eigenvalue weighted by atomic mass is 9.97. The minimum Gasteiger partial charge on any atom is -0.339 e. The molecular formula is C15H20ClFN2O. The van der Waals surface area contributed by atoms with Gasteiger partial charge in [0.1, 0.15) is 5.82 Å². The zero-order chi connectivity index (χ0) is 14.5. The molecule has 1 saturated heterocycles. The molecule has 1 amide bonds. The number of nitrogens with one attached hydrogen (secondary N) is 1. The fourth-order valence-corrected chi connectivity index (χ4v) is 2.66. The molecule has 0 spiro atoms. The number of amides is 1. The minimum absolute atomic E-state index is 0.0444. The maximum Gasteiger partial charge on any atom is 0.253 e. The monoisotopic (exact) mass is 298 g/mol. The summed E-state index contributed by atoms with van der Waals surface area (Å²) in [5.41, 5.74) is 0.364. The van der Waals surface area contributed by atoms with Gasteiger partial charge in [0.2, 0.25) is 0 Å². The van der Waals surface area contributed by atoms with Crippen molar-refractivity contribution in [3.63, 3.8) is 0 Å². The predicted molar refractivity (Wildman–Crippen MR) is 78.6 cm³/mol. The molecule has 5 heteroatoms. The first-order valence-electron chi connectivity index (χ1n) is 7.07. The Morgan fingerprint density at radius 2 is 2.15 bits per heavy atom. The zero-order valence-corrected chi connectivity index (χ0v) is 12.4. The van der Waals surface area contributed by atoms with Gasteiger partial charge in [-0.3, -0.25) is 4.79 Å². The number of halogens is 2. The lowest BCUT2D eigenvalue weighted by Gasteiger charge is -2.29. The van der Waals surface area contributed by atoms with E-state index in [1.54, 1.807) is 11.0 Å². The second-order valence-corrected chi connectivity index (χ2v) is 5.57. The van der Waals surface area contributed by atoms with Gasteiger partial charge < -0.3 is 10.2 Å². The van der Waals surface area contributed by atoms with Gasteiger partial charge in [-0.2, -0.15) is 0 Å². The van der Waals surface area contributed by atoms with E-state index in [-0.39, 0.29) is 10.9 Å². The van der Waals surface area contributed by atoms with Gasteiger partial charge in [0.15, 0.2) is 0 Å². The highest BCUT2D eigenvalue weighted by molar-refractivity contribution is 6.30. The van der Waals surface area contributed by atoms with Gasteiger partial charge in [0.25, 0.3) is 5.91 Å². The molecule has 2 rings (SSSR count). The summed E-state index contributed by atoms with van der Waals surface area (Å²) in [7, 11) is 0. The highest BCUT2D eigenvalue weighted by Gasteiger charge is 2.21. The Kier molecular flexibility index (Phi) is 5.38. The predicted octanol–water partition coefficient (Wildman–Crippen LogP) is 2.94. The highest BCUT2D eigenvalue weighted by Crippen LogP contribution is 2.19. The topological polar surface area (TPSA) is 32.3 Å². The number of hydrogen-bond donors (Lipinski definition) is 1. The molecule has 0 saturated carbocycles. The number of carbonyl (C=O) groups excluding carboxylic acids is 1. The van der Waals surface area contributed by atoms with Gasteiger partial charge in [-0.1, -0.05) is 11.6 Å². The van der Waals surface area contributed by atoms with Crippen LogP contribution in [0.3, 0.4) is 0 Å². The summed E-state index contributed by atoms with van der Waals surface area (Å²) in [6, 6.07) is 4.23. The maximum atomic E-state index is 13.5. The number of nitrogens with zero attached hydrogens (tertiary/aromatic N) is 1. The smallest absolute Gasteiger partial charge is 0.253 e. The van der Waals surface area contributed by atoms with Crippen LogP contribution in [0.25, 0.3) is 0 Å². The Bertz CT molecular complexity index is 475. The van der Waals surface area contributed by atoms with Crippen LogP contribution < -0.4 is 5.32 Å². The quantitative estimate of drug-likeness (QED) is 0.927. The number of benzene rings is 1. The lowest BCUT2D eigenvalue weighted by Crippen LogP contribution is -2.39. The maximum absolute atomic E-state index is 13.5. The molecule has 0 bridgehead atoms. The summed E-state index contributed by atoms with van der Waals surface area (Å²) in [6.07, 6.45) is 2.16. The summed E-state index contributed by atoms with van der Waals surface area (Å²) in [6.45, 7) is 5.33. The molecule has 1 aromatic carbocycles. The normalized spacial score (nSPS) is 16.1. The van der Waals surface area contributed by atoms with Crippen LogP contribution in [-0.2, 0) is 0 Å². The molecule has 1 aromatic rings. The molecule has 0 atom stereocenters. The molecule has 1 N–H and O–H groups in total. The zero-order valence-electron chi connectivity index (χ0n) is 11.7. The third kappa shape index (κ3) is 3.70. The summed E-state index contributed by atoms with van der Waals surface area (Å²) < 4.78 is 13.5. The van der Waals surface area contributed by atoms with Crippen LogP contribution in [0.1, 0.15) is 30.1 Å².